The third kappa shape index (κ3) is 1.91. The molecule has 0 bridgehead atoms. The van der Waals surface area contributed by atoms with Gasteiger partial charge in [-0.05, 0) is 37.1 Å². The molecule has 3 rings (SSSR count). The number of aromatic nitrogens is 1. The van der Waals surface area contributed by atoms with Crippen molar-refractivity contribution in [1.82, 2.24) is 10.3 Å². The summed E-state index contributed by atoms with van der Waals surface area (Å²) in [6.07, 6.45) is 4.44. The largest absolute Gasteiger partial charge is 0.310 e. The van der Waals surface area contributed by atoms with E-state index in [9.17, 15) is 0 Å². The molecule has 1 saturated heterocycles. The lowest BCUT2D eigenvalue weighted by Crippen LogP contribution is -2.13. The fourth-order valence-corrected chi connectivity index (χ4v) is 2.37. The van der Waals surface area contributed by atoms with E-state index >= 15 is 0 Å². The SMILES string of the molecule is Cl.c1ccc2c([C@@H]3CCCN3)ccnc2c1. The molecule has 1 atom stereocenters. The molecule has 2 aromatic rings. The van der Waals surface area contributed by atoms with Gasteiger partial charge in [0.1, 0.15) is 0 Å². The second-order valence-corrected chi connectivity index (χ2v) is 4.07. The second kappa shape index (κ2) is 4.81. The normalized spacial score (nSPS) is 19.6. The first kappa shape index (κ1) is 11.4. The van der Waals surface area contributed by atoms with Gasteiger partial charge in [0.25, 0.3) is 0 Å². The lowest BCUT2D eigenvalue weighted by Gasteiger charge is -2.12. The molecule has 1 aromatic carbocycles. The Kier molecular flexibility index (Phi) is 3.42. The Bertz CT molecular complexity index is 473. The number of hydrogen-bond acceptors (Lipinski definition) is 2. The molecule has 0 amide bonds. The van der Waals surface area contributed by atoms with E-state index in [1.165, 1.54) is 23.8 Å². The standard InChI is InChI=1S/C13H14N2.ClH/c1-2-5-12-10(4-1)11(7-9-15-12)13-6-3-8-14-13;/h1-2,4-5,7,9,13-14H,3,6,8H2;1H/t13-;/m0./s1. The molecular formula is C13H15ClN2. The topological polar surface area (TPSA) is 24.9 Å². The van der Waals surface area contributed by atoms with Gasteiger partial charge in [-0.2, -0.15) is 0 Å². The van der Waals surface area contributed by atoms with Crippen LogP contribution >= 0.6 is 12.4 Å². The summed E-state index contributed by atoms with van der Waals surface area (Å²) in [4.78, 5) is 4.39. The van der Waals surface area contributed by atoms with Crippen LogP contribution in [0.25, 0.3) is 10.9 Å². The Balaban J connectivity index is 0.000000963. The van der Waals surface area contributed by atoms with Crippen LogP contribution < -0.4 is 5.32 Å². The summed E-state index contributed by atoms with van der Waals surface area (Å²) >= 11 is 0. The van der Waals surface area contributed by atoms with Crippen LogP contribution in [0, 0.1) is 0 Å². The minimum atomic E-state index is 0. The van der Waals surface area contributed by atoms with E-state index in [1.807, 2.05) is 12.3 Å². The first-order valence-electron chi connectivity index (χ1n) is 5.52. The molecule has 1 aliphatic rings. The summed E-state index contributed by atoms with van der Waals surface area (Å²) < 4.78 is 0. The van der Waals surface area contributed by atoms with Crippen molar-refractivity contribution in [2.45, 2.75) is 18.9 Å². The molecule has 1 fully saturated rings. The molecule has 1 aromatic heterocycles. The third-order valence-corrected chi connectivity index (χ3v) is 3.12. The quantitative estimate of drug-likeness (QED) is 0.820. The zero-order valence-corrected chi connectivity index (χ0v) is 9.83. The lowest BCUT2D eigenvalue weighted by molar-refractivity contribution is 0.652. The number of pyridine rings is 1. The van der Waals surface area contributed by atoms with Crippen LogP contribution in [-0.2, 0) is 0 Å². The molecule has 0 aliphatic carbocycles. The highest BCUT2D eigenvalue weighted by atomic mass is 35.5. The molecule has 0 spiro atoms. The van der Waals surface area contributed by atoms with E-state index in [2.05, 4.69) is 34.6 Å². The summed E-state index contributed by atoms with van der Waals surface area (Å²) in [7, 11) is 0. The number of hydrogen-bond donors (Lipinski definition) is 1. The van der Waals surface area contributed by atoms with E-state index in [0.29, 0.717) is 6.04 Å². The van der Waals surface area contributed by atoms with Crippen LogP contribution in [0.1, 0.15) is 24.4 Å². The lowest BCUT2D eigenvalue weighted by atomic mass is 10.0. The van der Waals surface area contributed by atoms with Gasteiger partial charge in [-0.3, -0.25) is 4.98 Å². The van der Waals surface area contributed by atoms with Crippen LogP contribution in [0.3, 0.4) is 0 Å². The Hall–Kier alpha value is -1.12. The van der Waals surface area contributed by atoms with E-state index in [-0.39, 0.29) is 12.4 Å². The number of fused-ring (bicyclic) bond motifs is 1. The van der Waals surface area contributed by atoms with E-state index < -0.39 is 0 Å². The van der Waals surface area contributed by atoms with E-state index in [0.717, 1.165) is 12.1 Å². The molecule has 0 radical (unpaired) electrons. The average molecular weight is 235 g/mol. The zero-order valence-electron chi connectivity index (χ0n) is 9.02. The summed E-state index contributed by atoms with van der Waals surface area (Å²) in [5, 5.41) is 4.83. The van der Waals surface area contributed by atoms with Gasteiger partial charge >= 0.3 is 0 Å². The van der Waals surface area contributed by atoms with Gasteiger partial charge < -0.3 is 5.32 Å². The number of benzene rings is 1. The van der Waals surface area contributed by atoms with Crippen LogP contribution in [0.2, 0.25) is 0 Å². The van der Waals surface area contributed by atoms with Crippen molar-refractivity contribution in [3.63, 3.8) is 0 Å². The van der Waals surface area contributed by atoms with Crippen molar-refractivity contribution in [3.8, 4) is 0 Å². The average Bonchev–Trinajstić information content (AvgIpc) is 2.82. The van der Waals surface area contributed by atoms with Crippen molar-refractivity contribution in [2.75, 3.05) is 6.54 Å². The monoisotopic (exact) mass is 234 g/mol. The maximum atomic E-state index is 4.39. The highest BCUT2D eigenvalue weighted by molar-refractivity contribution is 5.85. The first-order valence-corrected chi connectivity index (χ1v) is 5.52. The molecule has 84 valence electrons. The van der Waals surface area contributed by atoms with Crippen LogP contribution in [0.5, 0.6) is 0 Å². The molecular weight excluding hydrogens is 220 g/mol. The van der Waals surface area contributed by atoms with E-state index in [1.54, 1.807) is 0 Å². The predicted molar refractivity (Wildman–Crippen MR) is 69.0 cm³/mol. The molecule has 2 heterocycles. The smallest absolute Gasteiger partial charge is 0.0705 e. The third-order valence-electron chi connectivity index (χ3n) is 3.12. The predicted octanol–water partition coefficient (Wildman–Crippen LogP) is 3.08. The molecule has 3 heteroatoms. The Labute approximate surface area is 101 Å². The fraction of sp³-hybridized carbons (Fsp3) is 0.308. The van der Waals surface area contributed by atoms with Gasteiger partial charge in [-0.1, -0.05) is 18.2 Å². The van der Waals surface area contributed by atoms with Crippen molar-refractivity contribution in [3.05, 3.63) is 42.1 Å². The second-order valence-electron chi connectivity index (χ2n) is 4.07. The minimum Gasteiger partial charge on any atom is -0.310 e. The van der Waals surface area contributed by atoms with Gasteiger partial charge in [-0.25, -0.2) is 0 Å². The molecule has 1 N–H and O–H groups in total. The summed E-state index contributed by atoms with van der Waals surface area (Å²) in [6, 6.07) is 11.0. The molecule has 16 heavy (non-hydrogen) atoms. The van der Waals surface area contributed by atoms with Crippen LogP contribution in [0.4, 0.5) is 0 Å². The van der Waals surface area contributed by atoms with Crippen molar-refractivity contribution in [1.29, 1.82) is 0 Å². The number of halogens is 1. The van der Waals surface area contributed by atoms with Gasteiger partial charge in [0.15, 0.2) is 0 Å². The highest BCUT2D eigenvalue weighted by Gasteiger charge is 2.17. The summed E-state index contributed by atoms with van der Waals surface area (Å²) in [5.74, 6) is 0. The zero-order chi connectivity index (χ0) is 10.1. The molecule has 0 saturated carbocycles. The fourth-order valence-electron chi connectivity index (χ4n) is 2.37. The van der Waals surface area contributed by atoms with Crippen LogP contribution in [0.15, 0.2) is 36.5 Å². The summed E-state index contributed by atoms with van der Waals surface area (Å²) in [5.41, 5.74) is 2.50. The van der Waals surface area contributed by atoms with E-state index in [4.69, 9.17) is 0 Å². The molecule has 2 nitrogen and oxygen atoms in total. The maximum absolute atomic E-state index is 4.39. The Morgan fingerprint density at radius 1 is 1.19 bits per heavy atom. The van der Waals surface area contributed by atoms with Gasteiger partial charge in [0.2, 0.25) is 0 Å². The maximum Gasteiger partial charge on any atom is 0.0705 e. The minimum absolute atomic E-state index is 0. The van der Waals surface area contributed by atoms with Gasteiger partial charge in [-0.15, -0.1) is 12.4 Å². The number of para-hydroxylation sites is 1. The Morgan fingerprint density at radius 3 is 2.88 bits per heavy atom. The van der Waals surface area contributed by atoms with Crippen molar-refractivity contribution >= 4 is 23.3 Å². The number of nitrogens with one attached hydrogen (secondary N) is 1. The van der Waals surface area contributed by atoms with Crippen molar-refractivity contribution < 1.29 is 0 Å². The molecule has 1 aliphatic heterocycles. The summed E-state index contributed by atoms with van der Waals surface area (Å²) in [6.45, 7) is 1.14. The van der Waals surface area contributed by atoms with Crippen molar-refractivity contribution in [2.24, 2.45) is 0 Å². The van der Waals surface area contributed by atoms with Gasteiger partial charge in [0.05, 0.1) is 5.52 Å². The van der Waals surface area contributed by atoms with Gasteiger partial charge in [0, 0.05) is 17.6 Å². The number of rotatable bonds is 1. The van der Waals surface area contributed by atoms with Crippen LogP contribution in [-0.4, -0.2) is 11.5 Å². The number of nitrogens with zero attached hydrogens (tertiary/aromatic N) is 1. The Morgan fingerprint density at radius 2 is 2.06 bits per heavy atom. The molecule has 0 unspecified atom stereocenters. The highest BCUT2D eigenvalue weighted by Crippen LogP contribution is 2.28. The first-order chi connectivity index (χ1) is 7.45.